The normalized spacial score (nSPS) is 11.4. The SMILES string of the molecule is CCn1cc(-c2ccnc(N)n2)c(-c2cccc(N(COC(C)=O)S(=O)(=O)c3cc(F)ccc3F)c2F)n1. The van der Waals surface area contributed by atoms with E-state index in [-0.39, 0.29) is 17.2 Å². The molecule has 0 aliphatic carbocycles. The number of hydrogen-bond donors (Lipinski definition) is 1. The molecule has 2 aromatic carbocycles. The lowest BCUT2D eigenvalue weighted by Crippen LogP contribution is -2.35. The fourth-order valence-corrected chi connectivity index (χ4v) is 5.01. The number of hydrogen-bond acceptors (Lipinski definition) is 8. The first-order valence-corrected chi connectivity index (χ1v) is 12.5. The van der Waals surface area contributed by atoms with Crippen LogP contribution in [0.15, 0.2) is 59.8 Å². The topological polar surface area (TPSA) is 133 Å². The molecule has 38 heavy (non-hydrogen) atoms. The summed E-state index contributed by atoms with van der Waals surface area (Å²) < 4.78 is 78.0. The van der Waals surface area contributed by atoms with Gasteiger partial charge in [-0.3, -0.25) is 9.48 Å². The van der Waals surface area contributed by atoms with Gasteiger partial charge in [-0.15, -0.1) is 0 Å². The van der Waals surface area contributed by atoms with Gasteiger partial charge in [0.1, 0.15) is 22.2 Å². The van der Waals surface area contributed by atoms with Crippen molar-refractivity contribution in [2.75, 3.05) is 16.8 Å². The number of esters is 1. The molecule has 0 saturated carbocycles. The van der Waals surface area contributed by atoms with E-state index in [9.17, 15) is 22.0 Å². The number of nitrogen functional groups attached to an aromatic ring is 1. The van der Waals surface area contributed by atoms with E-state index in [1.165, 1.54) is 23.0 Å². The molecule has 14 heteroatoms. The summed E-state index contributed by atoms with van der Waals surface area (Å²) >= 11 is 0. The number of nitrogens with zero attached hydrogens (tertiary/aromatic N) is 5. The first kappa shape index (κ1) is 26.6. The van der Waals surface area contributed by atoms with Gasteiger partial charge >= 0.3 is 5.97 Å². The second-order valence-electron chi connectivity index (χ2n) is 7.88. The van der Waals surface area contributed by atoms with Gasteiger partial charge in [0.05, 0.1) is 11.4 Å². The lowest BCUT2D eigenvalue weighted by Gasteiger charge is -2.25. The highest BCUT2D eigenvalue weighted by Gasteiger charge is 2.32. The van der Waals surface area contributed by atoms with E-state index in [1.54, 1.807) is 12.3 Å². The van der Waals surface area contributed by atoms with Gasteiger partial charge < -0.3 is 10.5 Å². The fraction of sp³-hybridized carbons (Fsp3) is 0.167. The molecule has 4 aromatic rings. The molecule has 0 unspecified atom stereocenters. The molecule has 0 aliphatic heterocycles. The molecule has 0 radical (unpaired) electrons. The highest BCUT2D eigenvalue weighted by molar-refractivity contribution is 7.92. The van der Waals surface area contributed by atoms with Gasteiger partial charge in [0, 0.05) is 37.0 Å². The molecule has 0 amide bonds. The van der Waals surface area contributed by atoms with Crippen molar-refractivity contribution in [1.82, 2.24) is 19.7 Å². The minimum Gasteiger partial charge on any atom is -0.443 e. The third-order valence-electron chi connectivity index (χ3n) is 5.38. The summed E-state index contributed by atoms with van der Waals surface area (Å²) in [6, 6.07) is 7.14. The van der Waals surface area contributed by atoms with Crippen LogP contribution in [-0.2, 0) is 26.1 Å². The van der Waals surface area contributed by atoms with Crippen molar-refractivity contribution in [2.45, 2.75) is 25.3 Å². The van der Waals surface area contributed by atoms with Crippen molar-refractivity contribution in [3.05, 3.63) is 72.3 Å². The highest BCUT2D eigenvalue weighted by Crippen LogP contribution is 2.37. The third kappa shape index (κ3) is 5.16. The molecule has 2 N–H and O–H groups in total. The molecule has 2 aromatic heterocycles. The average Bonchev–Trinajstić information content (AvgIpc) is 3.30. The summed E-state index contributed by atoms with van der Waals surface area (Å²) in [6.07, 6.45) is 3.02. The molecule has 0 spiro atoms. The minimum absolute atomic E-state index is 0.0253. The largest absolute Gasteiger partial charge is 0.443 e. The second kappa shape index (κ2) is 10.5. The third-order valence-corrected chi connectivity index (χ3v) is 7.14. The van der Waals surface area contributed by atoms with E-state index in [1.807, 2.05) is 6.92 Å². The van der Waals surface area contributed by atoms with Crippen LogP contribution in [0.4, 0.5) is 24.8 Å². The van der Waals surface area contributed by atoms with Gasteiger partial charge in [-0.05, 0) is 43.3 Å². The molecule has 0 saturated heterocycles. The van der Waals surface area contributed by atoms with Gasteiger partial charge in [-0.25, -0.2) is 35.9 Å². The van der Waals surface area contributed by atoms with Crippen molar-refractivity contribution in [3.63, 3.8) is 0 Å². The molecular formula is C24H21F3N6O4S. The molecule has 0 atom stereocenters. The standard InChI is InChI=1S/C24H21F3N6O4S/c1-3-32-12-17(19-9-10-29-24(28)30-19)23(31-32)16-5-4-6-20(22(16)27)33(13-37-14(2)34)38(35,36)21-11-15(25)7-8-18(21)26/h4-12H,3,13H2,1-2H3,(H2,28,29,30). The minimum atomic E-state index is -4.95. The number of rotatable bonds is 8. The van der Waals surface area contributed by atoms with Crippen molar-refractivity contribution >= 4 is 27.6 Å². The zero-order valence-corrected chi connectivity index (χ0v) is 20.9. The van der Waals surface area contributed by atoms with Gasteiger partial charge in [0.25, 0.3) is 10.0 Å². The Hall–Kier alpha value is -4.46. The Bertz CT molecular complexity index is 1630. The van der Waals surface area contributed by atoms with E-state index >= 15 is 4.39 Å². The van der Waals surface area contributed by atoms with Crippen molar-refractivity contribution in [2.24, 2.45) is 0 Å². The van der Waals surface area contributed by atoms with Crippen LogP contribution in [0.5, 0.6) is 0 Å². The Balaban J connectivity index is 1.91. The Morgan fingerprint density at radius 3 is 2.58 bits per heavy atom. The zero-order chi connectivity index (χ0) is 27.6. The van der Waals surface area contributed by atoms with E-state index in [4.69, 9.17) is 10.5 Å². The smallest absolute Gasteiger partial charge is 0.304 e. The number of anilines is 2. The van der Waals surface area contributed by atoms with E-state index in [2.05, 4.69) is 15.1 Å². The van der Waals surface area contributed by atoms with Crippen LogP contribution in [0, 0.1) is 17.5 Å². The number of benzene rings is 2. The number of halogens is 3. The Kier molecular flexibility index (Phi) is 7.35. The summed E-state index contributed by atoms with van der Waals surface area (Å²) in [4.78, 5) is 18.4. The Labute approximate surface area is 215 Å². The number of aromatic nitrogens is 4. The Morgan fingerprint density at radius 2 is 1.89 bits per heavy atom. The first-order chi connectivity index (χ1) is 18.0. The van der Waals surface area contributed by atoms with Crippen molar-refractivity contribution in [3.8, 4) is 22.5 Å². The lowest BCUT2D eigenvalue weighted by molar-refractivity contribution is -0.140. The number of carbonyl (C=O) groups excluding carboxylic acids is 1. The maximum atomic E-state index is 16.1. The summed E-state index contributed by atoms with van der Waals surface area (Å²) in [6.45, 7) is 2.23. The molecule has 10 nitrogen and oxygen atoms in total. The Morgan fingerprint density at radius 1 is 1.13 bits per heavy atom. The number of nitrogens with two attached hydrogens (primary N) is 1. The predicted octanol–water partition coefficient (Wildman–Crippen LogP) is 3.74. The molecule has 0 fully saturated rings. The van der Waals surface area contributed by atoms with Crippen LogP contribution in [0.2, 0.25) is 0 Å². The maximum Gasteiger partial charge on any atom is 0.304 e. The molecule has 198 valence electrons. The highest BCUT2D eigenvalue weighted by atomic mass is 32.2. The lowest BCUT2D eigenvalue weighted by atomic mass is 10.0. The maximum absolute atomic E-state index is 16.1. The number of carbonyl (C=O) groups is 1. The molecule has 0 bridgehead atoms. The quantitative estimate of drug-likeness (QED) is 0.261. The first-order valence-electron chi connectivity index (χ1n) is 11.1. The van der Waals surface area contributed by atoms with Gasteiger partial charge in [-0.1, -0.05) is 6.07 Å². The van der Waals surface area contributed by atoms with Gasteiger partial charge in [0.15, 0.2) is 12.5 Å². The summed E-state index contributed by atoms with van der Waals surface area (Å²) in [5, 5.41) is 4.40. The summed E-state index contributed by atoms with van der Waals surface area (Å²) in [5.74, 6) is -4.30. The average molecular weight is 547 g/mol. The predicted molar refractivity (Wildman–Crippen MR) is 131 cm³/mol. The van der Waals surface area contributed by atoms with Gasteiger partial charge in [0.2, 0.25) is 5.95 Å². The van der Waals surface area contributed by atoms with Crippen LogP contribution in [0.25, 0.3) is 22.5 Å². The molecular weight excluding hydrogens is 525 g/mol. The summed E-state index contributed by atoms with van der Waals surface area (Å²) in [5.41, 5.74) is 5.80. The van der Waals surface area contributed by atoms with Crippen LogP contribution in [-0.4, -0.2) is 40.9 Å². The van der Waals surface area contributed by atoms with Crippen LogP contribution >= 0.6 is 0 Å². The van der Waals surface area contributed by atoms with Crippen molar-refractivity contribution < 1.29 is 31.1 Å². The molecule has 0 aliphatic rings. The van der Waals surface area contributed by atoms with E-state index in [0.29, 0.717) is 34.2 Å². The molecule has 2 heterocycles. The van der Waals surface area contributed by atoms with Crippen LogP contribution in [0.3, 0.4) is 0 Å². The van der Waals surface area contributed by atoms with Crippen molar-refractivity contribution in [1.29, 1.82) is 0 Å². The summed E-state index contributed by atoms with van der Waals surface area (Å²) in [7, 11) is -4.95. The second-order valence-corrected chi connectivity index (χ2v) is 9.71. The van der Waals surface area contributed by atoms with E-state index in [0.717, 1.165) is 19.1 Å². The van der Waals surface area contributed by atoms with Crippen LogP contribution < -0.4 is 10.0 Å². The monoisotopic (exact) mass is 546 g/mol. The fourth-order valence-electron chi connectivity index (χ4n) is 3.60. The van der Waals surface area contributed by atoms with E-state index < -0.39 is 50.8 Å². The molecule has 4 rings (SSSR count). The number of sulfonamides is 1. The number of ether oxygens (including phenoxy) is 1. The van der Waals surface area contributed by atoms with Crippen LogP contribution in [0.1, 0.15) is 13.8 Å². The van der Waals surface area contributed by atoms with Gasteiger partial charge in [-0.2, -0.15) is 5.10 Å². The number of aryl methyl sites for hydroxylation is 1. The zero-order valence-electron chi connectivity index (χ0n) is 20.1.